The lowest BCUT2D eigenvalue weighted by Crippen LogP contribution is -2.08. The molecule has 0 bridgehead atoms. The van der Waals surface area contributed by atoms with Gasteiger partial charge >= 0.3 is 0 Å². The number of benzene rings is 1. The van der Waals surface area contributed by atoms with Crippen LogP contribution in [0.1, 0.15) is 18.1 Å². The zero-order valence-corrected chi connectivity index (χ0v) is 9.26. The van der Waals surface area contributed by atoms with Gasteiger partial charge in [-0.2, -0.15) is 0 Å². The Balaban J connectivity index is 3.05. The number of rotatable bonds is 3. The number of nitrogens with two attached hydrogens (primary N) is 1. The molecule has 0 atom stereocenters. The summed E-state index contributed by atoms with van der Waals surface area (Å²) in [5, 5.41) is 0. The van der Waals surface area contributed by atoms with Crippen molar-refractivity contribution in [2.45, 2.75) is 19.6 Å². The number of hydrogen-bond donors (Lipinski definition) is 1. The van der Waals surface area contributed by atoms with E-state index in [2.05, 4.69) is 0 Å². The first-order valence-electron chi connectivity index (χ1n) is 4.50. The second-order valence-corrected chi connectivity index (χ2v) is 5.66. The Bertz CT molecular complexity index is 424. The number of nitrogen functional groups attached to an aromatic ring is 1. The minimum absolute atomic E-state index is 0.0837. The summed E-state index contributed by atoms with van der Waals surface area (Å²) < 4.78 is 22.8. The summed E-state index contributed by atoms with van der Waals surface area (Å²) in [5.74, 6) is 0.252. The van der Waals surface area contributed by atoms with E-state index in [4.69, 9.17) is 5.73 Å². The maximum Gasteiger partial charge on any atom is 0.154 e. The Labute approximate surface area is 84.9 Å². The largest absolute Gasteiger partial charge is 0.399 e. The third-order valence-electron chi connectivity index (χ3n) is 2.30. The highest BCUT2D eigenvalue weighted by atomic mass is 32.2. The van der Waals surface area contributed by atoms with Crippen LogP contribution in [-0.2, 0) is 15.6 Å². The fraction of sp³-hybridized carbons (Fsp3) is 0.400. The van der Waals surface area contributed by atoms with Gasteiger partial charge in [-0.3, -0.25) is 0 Å². The van der Waals surface area contributed by atoms with Crippen LogP contribution in [0.25, 0.3) is 0 Å². The zero-order valence-electron chi connectivity index (χ0n) is 8.45. The fourth-order valence-electron chi connectivity index (χ4n) is 1.20. The van der Waals surface area contributed by atoms with Gasteiger partial charge < -0.3 is 5.73 Å². The number of anilines is 1. The molecule has 0 amide bonds. The molecule has 0 unspecified atom stereocenters. The first-order valence-corrected chi connectivity index (χ1v) is 6.33. The molecule has 4 heteroatoms. The molecular formula is C10H15NO2S. The van der Waals surface area contributed by atoms with Crippen molar-refractivity contribution in [3.8, 4) is 0 Å². The Kier molecular flexibility index (Phi) is 3.16. The van der Waals surface area contributed by atoms with Crippen LogP contribution in [0.15, 0.2) is 18.2 Å². The third kappa shape index (κ3) is 2.48. The molecule has 0 aliphatic carbocycles. The van der Waals surface area contributed by atoms with Gasteiger partial charge in [-0.05, 0) is 24.1 Å². The molecule has 0 radical (unpaired) electrons. The van der Waals surface area contributed by atoms with Crippen molar-refractivity contribution in [3.63, 3.8) is 0 Å². The van der Waals surface area contributed by atoms with Gasteiger partial charge in [0.2, 0.25) is 0 Å². The molecule has 0 aromatic heterocycles. The second kappa shape index (κ2) is 4.00. The lowest BCUT2D eigenvalue weighted by Gasteiger charge is -2.07. The summed E-state index contributed by atoms with van der Waals surface area (Å²) >= 11 is 0. The van der Waals surface area contributed by atoms with Gasteiger partial charge in [0.15, 0.2) is 9.84 Å². The Morgan fingerprint density at radius 3 is 2.57 bits per heavy atom. The summed E-state index contributed by atoms with van der Waals surface area (Å²) in [6.07, 6.45) is 0. The molecule has 0 saturated heterocycles. The fourth-order valence-corrected chi connectivity index (χ4v) is 2.19. The van der Waals surface area contributed by atoms with E-state index in [0.717, 1.165) is 11.1 Å². The van der Waals surface area contributed by atoms with E-state index in [-0.39, 0.29) is 11.5 Å². The molecule has 0 heterocycles. The van der Waals surface area contributed by atoms with Gasteiger partial charge in [0.05, 0.1) is 5.75 Å². The van der Waals surface area contributed by atoms with Gasteiger partial charge in [-0.25, -0.2) is 8.42 Å². The second-order valence-electron chi connectivity index (χ2n) is 3.31. The first-order chi connectivity index (χ1) is 6.46. The average Bonchev–Trinajstić information content (AvgIpc) is 2.13. The van der Waals surface area contributed by atoms with Crippen LogP contribution in [0.2, 0.25) is 0 Å². The van der Waals surface area contributed by atoms with Gasteiger partial charge in [-0.15, -0.1) is 0 Å². The van der Waals surface area contributed by atoms with E-state index < -0.39 is 9.84 Å². The summed E-state index contributed by atoms with van der Waals surface area (Å²) in [4.78, 5) is 0. The molecule has 1 rings (SSSR count). The van der Waals surface area contributed by atoms with Crippen LogP contribution >= 0.6 is 0 Å². The lowest BCUT2D eigenvalue weighted by atomic mass is 10.1. The quantitative estimate of drug-likeness (QED) is 0.774. The van der Waals surface area contributed by atoms with Gasteiger partial charge in [0.1, 0.15) is 0 Å². The topological polar surface area (TPSA) is 60.2 Å². The molecule has 0 saturated carbocycles. The van der Waals surface area contributed by atoms with Crippen LogP contribution in [0.4, 0.5) is 5.69 Å². The standard InChI is InChI=1S/C10H15NO2S/c1-3-14(12,13)7-9-5-4-6-10(11)8(9)2/h4-6H,3,7,11H2,1-2H3. The smallest absolute Gasteiger partial charge is 0.154 e. The maximum atomic E-state index is 11.4. The molecule has 14 heavy (non-hydrogen) atoms. The highest BCUT2D eigenvalue weighted by Gasteiger charge is 2.11. The molecule has 78 valence electrons. The Morgan fingerprint density at radius 1 is 1.36 bits per heavy atom. The number of hydrogen-bond acceptors (Lipinski definition) is 3. The van der Waals surface area contributed by atoms with E-state index in [1.165, 1.54) is 0 Å². The zero-order chi connectivity index (χ0) is 10.8. The summed E-state index contributed by atoms with van der Waals surface area (Å²) in [6, 6.07) is 5.36. The minimum atomic E-state index is -2.97. The normalized spacial score (nSPS) is 11.6. The molecule has 0 aliphatic heterocycles. The van der Waals surface area contributed by atoms with Gasteiger partial charge in [0, 0.05) is 11.4 Å². The highest BCUT2D eigenvalue weighted by molar-refractivity contribution is 7.90. The molecule has 1 aromatic carbocycles. The Hall–Kier alpha value is -1.03. The molecular weight excluding hydrogens is 198 g/mol. The van der Waals surface area contributed by atoms with Crippen molar-refractivity contribution in [1.82, 2.24) is 0 Å². The van der Waals surface area contributed by atoms with Crippen molar-refractivity contribution in [3.05, 3.63) is 29.3 Å². The molecule has 0 fully saturated rings. The molecule has 0 aliphatic rings. The van der Waals surface area contributed by atoms with E-state index >= 15 is 0 Å². The van der Waals surface area contributed by atoms with Crippen LogP contribution in [0.5, 0.6) is 0 Å². The third-order valence-corrected chi connectivity index (χ3v) is 3.93. The number of sulfone groups is 1. The molecule has 3 nitrogen and oxygen atoms in total. The van der Waals surface area contributed by atoms with Crippen molar-refractivity contribution in [1.29, 1.82) is 0 Å². The van der Waals surface area contributed by atoms with Crippen molar-refractivity contribution < 1.29 is 8.42 Å². The first kappa shape index (κ1) is 11.0. The molecule has 2 N–H and O–H groups in total. The van der Waals surface area contributed by atoms with Gasteiger partial charge in [-0.1, -0.05) is 19.1 Å². The summed E-state index contributed by atoms with van der Waals surface area (Å²) in [7, 11) is -2.97. The van der Waals surface area contributed by atoms with Crippen LogP contribution < -0.4 is 5.73 Å². The molecule has 0 spiro atoms. The monoisotopic (exact) mass is 213 g/mol. The minimum Gasteiger partial charge on any atom is -0.399 e. The average molecular weight is 213 g/mol. The van der Waals surface area contributed by atoms with E-state index in [1.54, 1.807) is 25.1 Å². The predicted molar refractivity (Wildman–Crippen MR) is 58.8 cm³/mol. The van der Waals surface area contributed by atoms with Crippen molar-refractivity contribution in [2.24, 2.45) is 0 Å². The lowest BCUT2D eigenvalue weighted by molar-refractivity contribution is 0.596. The van der Waals surface area contributed by atoms with Crippen LogP contribution in [0, 0.1) is 6.92 Å². The molecule has 1 aromatic rings. The van der Waals surface area contributed by atoms with Crippen molar-refractivity contribution >= 4 is 15.5 Å². The van der Waals surface area contributed by atoms with Crippen LogP contribution in [0.3, 0.4) is 0 Å². The van der Waals surface area contributed by atoms with Crippen molar-refractivity contribution in [2.75, 3.05) is 11.5 Å². The van der Waals surface area contributed by atoms with E-state index in [1.807, 2.05) is 6.92 Å². The highest BCUT2D eigenvalue weighted by Crippen LogP contribution is 2.17. The van der Waals surface area contributed by atoms with E-state index in [9.17, 15) is 8.42 Å². The maximum absolute atomic E-state index is 11.4. The Morgan fingerprint density at radius 2 is 2.00 bits per heavy atom. The van der Waals surface area contributed by atoms with Crippen LogP contribution in [-0.4, -0.2) is 14.2 Å². The predicted octanol–water partition coefficient (Wildman–Crippen LogP) is 1.51. The SMILES string of the molecule is CCS(=O)(=O)Cc1cccc(N)c1C. The summed E-state index contributed by atoms with van der Waals surface area (Å²) in [5.41, 5.74) is 8.00. The van der Waals surface area contributed by atoms with Gasteiger partial charge in [0.25, 0.3) is 0 Å². The van der Waals surface area contributed by atoms with E-state index in [0.29, 0.717) is 5.69 Å². The summed E-state index contributed by atoms with van der Waals surface area (Å²) in [6.45, 7) is 3.49.